The molecule has 1 aromatic heterocycles. The van der Waals surface area contributed by atoms with Gasteiger partial charge >= 0.3 is 0 Å². The number of rotatable bonds is 8. The number of carbonyl (C=O) groups excluding carboxylic acids is 1. The van der Waals surface area contributed by atoms with Crippen LogP contribution in [0, 0.1) is 11.3 Å². The number of piperidine rings is 1. The Bertz CT molecular complexity index is 1030. The molecule has 3 rings (SSSR count). The van der Waals surface area contributed by atoms with Crippen molar-refractivity contribution in [2.45, 2.75) is 45.7 Å². The molecule has 0 aliphatic carbocycles. The highest BCUT2D eigenvalue weighted by Gasteiger charge is 2.22. The van der Waals surface area contributed by atoms with Crippen LogP contribution in [0.2, 0.25) is 0 Å². The SMILES string of the molecule is C=C(NC(C)C)c1cc(N=CN2CCCCC2)c(C(=O)N(C)Cc2ccccc2C#N)s1. The molecule has 32 heavy (non-hydrogen) atoms. The van der Waals surface area contributed by atoms with Gasteiger partial charge in [0, 0.05) is 38.4 Å². The summed E-state index contributed by atoms with van der Waals surface area (Å²) < 4.78 is 0. The molecular weight excluding hydrogens is 418 g/mol. The molecule has 0 spiro atoms. The third kappa shape index (κ3) is 5.98. The van der Waals surface area contributed by atoms with E-state index in [2.05, 4.69) is 36.7 Å². The van der Waals surface area contributed by atoms with Crippen molar-refractivity contribution in [3.63, 3.8) is 0 Å². The molecule has 0 saturated carbocycles. The van der Waals surface area contributed by atoms with Gasteiger partial charge in [-0.15, -0.1) is 11.3 Å². The van der Waals surface area contributed by atoms with E-state index in [0.717, 1.165) is 29.2 Å². The molecule has 1 fully saturated rings. The molecule has 1 amide bonds. The molecule has 0 atom stereocenters. The molecule has 6 nitrogen and oxygen atoms in total. The largest absolute Gasteiger partial charge is 0.382 e. The molecule has 0 radical (unpaired) electrons. The minimum atomic E-state index is -0.114. The second kappa shape index (κ2) is 11.0. The number of carbonyl (C=O) groups is 1. The number of nitriles is 1. The Morgan fingerprint density at radius 3 is 2.75 bits per heavy atom. The van der Waals surface area contributed by atoms with Gasteiger partial charge in [-0.2, -0.15) is 5.26 Å². The topological polar surface area (TPSA) is 71.7 Å². The second-order valence-corrected chi connectivity index (χ2v) is 9.43. The number of nitrogens with zero attached hydrogens (tertiary/aromatic N) is 4. The van der Waals surface area contributed by atoms with E-state index in [-0.39, 0.29) is 11.9 Å². The van der Waals surface area contributed by atoms with Crippen molar-refractivity contribution >= 4 is 35.0 Å². The van der Waals surface area contributed by atoms with Crippen LogP contribution >= 0.6 is 11.3 Å². The third-order valence-electron chi connectivity index (χ3n) is 5.31. The zero-order chi connectivity index (χ0) is 23.1. The molecular formula is C25H31N5OS. The van der Waals surface area contributed by atoms with E-state index in [1.165, 1.54) is 30.6 Å². The van der Waals surface area contributed by atoms with Gasteiger partial charge in [0.1, 0.15) is 4.88 Å². The Balaban J connectivity index is 1.86. The Hall–Kier alpha value is -3.11. The van der Waals surface area contributed by atoms with Crippen LogP contribution < -0.4 is 5.32 Å². The summed E-state index contributed by atoms with van der Waals surface area (Å²) in [6.07, 6.45) is 5.46. The molecule has 1 aliphatic rings. The minimum absolute atomic E-state index is 0.114. The highest BCUT2D eigenvalue weighted by Crippen LogP contribution is 2.34. The maximum absolute atomic E-state index is 13.4. The van der Waals surface area contributed by atoms with Gasteiger partial charge in [0.05, 0.1) is 28.5 Å². The molecule has 168 valence electrons. The molecule has 1 aliphatic heterocycles. The fourth-order valence-electron chi connectivity index (χ4n) is 3.64. The highest BCUT2D eigenvalue weighted by molar-refractivity contribution is 7.15. The molecule has 1 aromatic carbocycles. The monoisotopic (exact) mass is 449 g/mol. The van der Waals surface area contributed by atoms with Gasteiger partial charge in [-0.05, 0) is 50.8 Å². The van der Waals surface area contributed by atoms with Gasteiger partial charge in [-0.3, -0.25) is 4.79 Å². The number of hydrogen-bond acceptors (Lipinski definition) is 5. The summed E-state index contributed by atoms with van der Waals surface area (Å²) in [6.45, 7) is 10.6. The fraction of sp³-hybridized carbons (Fsp3) is 0.400. The molecule has 7 heteroatoms. The van der Waals surface area contributed by atoms with Crippen molar-refractivity contribution in [1.82, 2.24) is 15.1 Å². The standard InChI is InChI=1S/C25H31N5OS/c1-18(2)28-19(3)23-14-22(27-17-30-12-8-5-9-13-30)24(32-23)25(31)29(4)16-21-11-7-6-10-20(21)15-26/h6-7,10-11,14,17-18,28H,3,5,8-9,12-13,16H2,1-2,4H3. The van der Waals surface area contributed by atoms with Crippen molar-refractivity contribution < 1.29 is 4.79 Å². The van der Waals surface area contributed by atoms with E-state index >= 15 is 0 Å². The van der Waals surface area contributed by atoms with Crippen LogP contribution in [0.15, 0.2) is 41.9 Å². The van der Waals surface area contributed by atoms with Crippen LogP contribution in [0.4, 0.5) is 5.69 Å². The molecule has 2 heterocycles. The summed E-state index contributed by atoms with van der Waals surface area (Å²) >= 11 is 1.40. The summed E-state index contributed by atoms with van der Waals surface area (Å²) in [5, 5.41) is 12.7. The molecule has 0 bridgehead atoms. The van der Waals surface area contributed by atoms with E-state index < -0.39 is 0 Å². The first-order valence-corrected chi connectivity index (χ1v) is 11.8. The predicted octanol–water partition coefficient (Wildman–Crippen LogP) is 5.01. The van der Waals surface area contributed by atoms with E-state index in [1.807, 2.05) is 30.6 Å². The number of likely N-dealkylation sites (tertiary alicyclic amines) is 1. The van der Waals surface area contributed by atoms with Gasteiger partial charge in [0.2, 0.25) is 0 Å². The van der Waals surface area contributed by atoms with Gasteiger partial charge in [0.15, 0.2) is 0 Å². The Morgan fingerprint density at radius 2 is 2.06 bits per heavy atom. The summed E-state index contributed by atoms with van der Waals surface area (Å²) in [7, 11) is 1.76. The average molecular weight is 450 g/mol. The fourth-order valence-corrected chi connectivity index (χ4v) is 4.68. The zero-order valence-electron chi connectivity index (χ0n) is 19.1. The van der Waals surface area contributed by atoms with Crippen LogP contribution in [-0.4, -0.2) is 48.2 Å². The maximum atomic E-state index is 13.4. The minimum Gasteiger partial charge on any atom is -0.382 e. The van der Waals surface area contributed by atoms with Crippen molar-refractivity contribution in [2.24, 2.45) is 4.99 Å². The maximum Gasteiger partial charge on any atom is 0.266 e. The van der Waals surface area contributed by atoms with Crippen LogP contribution in [-0.2, 0) is 6.54 Å². The summed E-state index contributed by atoms with van der Waals surface area (Å²) in [6, 6.07) is 11.7. The number of nitrogens with one attached hydrogen (secondary N) is 1. The number of thiophene rings is 1. The lowest BCUT2D eigenvalue weighted by molar-refractivity contribution is 0.0790. The van der Waals surface area contributed by atoms with Crippen LogP contribution in [0.25, 0.3) is 5.70 Å². The third-order valence-corrected chi connectivity index (χ3v) is 6.48. The lowest BCUT2D eigenvalue weighted by atomic mass is 10.1. The Labute approximate surface area is 194 Å². The van der Waals surface area contributed by atoms with Gasteiger partial charge < -0.3 is 15.1 Å². The lowest BCUT2D eigenvalue weighted by Gasteiger charge is -2.23. The smallest absolute Gasteiger partial charge is 0.266 e. The van der Waals surface area contributed by atoms with Crippen molar-refractivity contribution in [3.8, 4) is 6.07 Å². The summed E-state index contributed by atoms with van der Waals surface area (Å²) in [4.78, 5) is 23.4. The predicted molar refractivity (Wildman–Crippen MR) is 132 cm³/mol. The van der Waals surface area contributed by atoms with Gasteiger partial charge in [-0.1, -0.05) is 24.8 Å². The molecule has 2 aromatic rings. The molecule has 1 saturated heterocycles. The molecule has 0 unspecified atom stereocenters. The average Bonchev–Trinajstić information content (AvgIpc) is 3.22. The Morgan fingerprint density at radius 1 is 1.34 bits per heavy atom. The van der Waals surface area contributed by atoms with Crippen LogP contribution in [0.3, 0.4) is 0 Å². The van der Waals surface area contributed by atoms with E-state index in [0.29, 0.717) is 22.7 Å². The number of amides is 1. The van der Waals surface area contributed by atoms with E-state index in [1.54, 1.807) is 18.0 Å². The normalized spacial score (nSPS) is 13.9. The van der Waals surface area contributed by atoms with Gasteiger partial charge in [-0.25, -0.2) is 4.99 Å². The number of hydrogen-bond donors (Lipinski definition) is 1. The van der Waals surface area contributed by atoms with Crippen molar-refractivity contribution in [3.05, 3.63) is 57.8 Å². The van der Waals surface area contributed by atoms with Crippen LogP contribution in [0.1, 0.15) is 58.8 Å². The van der Waals surface area contributed by atoms with Gasteiger partial charge in [0.25, 0.3) is 5.91 Å². The van der Waals surface area contributed by atoms with E-state index in [4.69, 9.17) is 4.99 Å². The number of aliphatic imine (C=N–C) groups is 1. The lowest BCUT2D eigenvalue weighted by Crippen LogP contribution is -2.28. The second-order valence-electron chi connectivity index (χ2n) is 8.37. The zero-order valence-corrected chi connectivity index (χ0v) is 19.9. The van der Waals surface area contributed by atoms with Crippen molar-refractivity contribution in [2.75, 3.05) is 20.1 Å². The van der Waals surface area contributed by atoms with E-state index in [9.17, 15) is 10.1 Å². The highest BCUT2D eigenvalue weighted by atomic mass is 32.1. The number of benzene rings is 1. The summed E-state index contributed by atoms with van der Waals surface area (Å²) in [5.74, 6) is -0.114. The first-order valence-electron chi connectivity index (χ1n) is 11.0. The first kappa shape index (κ1) is 23.6. The quantitative estimate of drug-likeness (QED) is 0.454. The summed E-state index contributed by atoms with van der Waals surface area (Å²) in [5.41, 5.74) is 2.85. The van der Waals surface area contributed by atoms with Crippen molar-refractivity contribution in [1.29, 1.82) is 5.26 Å². The van der Waals surface area contributed by atoms with Crippen LogP contribution in [0.5, 0.6) is 0 Å². The first-order chi connectivity index (χ1) is 15.4. The molecule has 1 N–H and O–H groups in total. The Kier molecular flexibility index (Phi) is 8.07.